The van der Waals surface area contributed by atoms with Gasteiger partial charge in [0.2, 0.25) is 5.78 Å². The zero-order valence-electron chi connectivity index (χ0n) is 10.9. The molecule has 6 nitrogen and oxygen atoms in total. The zero-order valence-corrected chi connectivity index (χ0v) is 13.3. The van der Waals surface area contributed by atoms with Crippen molar-refractivity contribution < 1.29 is 4.79 Å². The van der Waals surface area contributed by atoms with Crippen LogP contribution in [0.2, 0.25) is 0 Å². The lowest BCUT2D eigenvalue weighted by Crippen LogP contribution is -2.21. The van der Waals surface area contributed by atoms with Crippen molar-refractivity contribution in [1.29, 1.82) is 0 Å². The standard InChI is InChI=1S/C11H14BrN5OS/c1-7-11(19-15-14-7)10(18)9-8(12)6-13-17(9)5-4-16(2)3/h6H,4-5H2,1-3H3. The van der Waals surface area contributed by atoms with Crippen molar-refractivity contribution in [3.8, 4) is 0 Å². The summed E-state index contributed by atoms with van der Waals surface area (Å²) in [5, 5.41) is 8.11. The van der Waals surface area contributed by atoms with Gasteiger partial charge in [-0.3, -0.25) is 9.48 Å². The van der Waals surface area contributed by atoms with Gasteiger partial charge in [-0.1, -0.05) is 4.49 Å². The molecule has 0 atom stereocenters. The number of aryl methyl sites for hydroxylation is 1. The number of ketones is 1. The van der Waals surface area contributed by atoms with Gasteiger partial charge in [0.15, 0.2) is 0 Å². The highest BCUT2D eigenvalue weighted by Crippen LogP contribution is 2.22. The van der Waals surface area contributed by atoms with Gasteiger partial charge in [-0.2, -0.15) is 5.10 Å². The largest absolute Gasteiger partial charge is 0.308 e. The highest BCUT2D eigenvalue weighted by molar-refractivity contribution is 9.10. The van der Waals surface area contributed by atoms with Crippen LogP contribution in [0, 0.1) is 6.92 Å². The maximum Gasteiger partial charge on any atom is 0.225 e. The van der Waals surface area contributed by atoms with E-state index >= 15 is 0 Å². The number of halogens is 1. The first kappa shape index (κ1) is 14.3. The molecule has 8 heteroatoms. The normalized spacial score (nSPS) is 11.2. The van der Waals surface area contributed by atoms with Gasteiger partial charge in [-0.15, -0.1) is 5.10 Å². The molecule has 0 radical (unpaired) electrons. The molecular weight excluding hydrogens is 330 g/mol. The quantitative estimate of drug-likeness (QED) is 0.771. The van der Waals surface area contributed by atoms with Crippen LogP contribution >= 0.6 is 27.5 Å². The smallest absolute Gasteiger partial charge is 0.225 e. The highest BCUT2D eigenvalue weighted by Gasteiger charge is 2.22. The minimum absolute atomic E-state index is 0.0874. The summed E-state index contributed by atoms with van der Waals surface area (Å²) in [6.07, 6.45) is 1.65. The Labute approximate surface area is 123 Å². The van der Waals surface area contributed by atoms with Crippen molar-refractivity contribution in [1.82, 2.24) is 24.3 Å². The second-order valence-corrected chi connectivity index (χ2v) is 5.99. The van der Waals surface area contributed by atoms with Crippen molar-refractivity contribution in [3.05, 3.63) is 26.9 Å². The maximum absolute atomic E-state index is 12.5. The third-order valence-corrected chi connectivity index (χ3v) is 4.03. The van der Waals surface area contributed by atoms with Crippen LogP contribution in [-0.4, -0.2) is 50.7 Å². The molecule has 0 aliphatic heterocycles. The Kier molecular flexibility index (Phi) is 4.43. The molecule has 0 N–H and O–H groups in total. The summed E-state index contributed by atoms with van der Waals surface area (Å²) < 4.78 is 6.22. The summed E-state index contributed by atoms with van der Waals surface area (Å²) in [6.45, 7) is 3.25. The Morgan fingerprint density at radius 3 is 2.84 bits per heavy atom. The average Bonchev–Trinajstić information content (AvgIpc) is 2.92. The number of aromatic nitrogens is 4. The molecule has 0 aliphatic carbocycles. The monoisotopic (exact) mass is 343 g/mol. The van der Waals surface area contributed by atoms with Crippen LogP contribution < -0.4 is 0 Å². The summed E-state index contributed by atoms with van der Waals surface area (Å²) in [5.74, 6) is -0.0874. The fourth-order valence-electron chi connectivity index (χ4n) is 1.60. The highest BCUT2D eigenvalue weighted by atomic mass is 79.9. The third-order valence-electron chi connectivity index (χ3n) is 2.63. The number of carbonyl (C=O) groups excluding carboxylic acids is 1. The van der Waals surface area contributed by atoms with E-state index in [2.05, 4.69) is 30.6 Å². The second-order valence-electron chi connectivity index (χ2n) is 4.38. The molecule has 2 rings (SSSR count). The number of hydrogen-bond acceptors (Lipinski definition) is 6. The Balaban J connectivity index is 2.31. The lowest BCUT2D eigenvalue weighted by Gasteiger charge is -2.11. The Bertz CT molecular complexity index is 592. The predicted octanol–water partition coefficient (Wildman–Crippen LogP) is 1.60. The van der Waals surface area contributed by atoms with Gasteiger partial charge < -0.3 is 4.90 Å². The molecule has 0 saturated carbocycles. The van der Waals surface area contributed by atoms with Gasteiger partial charge in [0.25, 0.3) is 0 Å². The first-order valence-electron chi connectivity index (χ1n) is 5.70. The van der Waals surface area contributed by atoms with Crippen LogP contribution in [-0.2, 0) is 6.54 Å². The molecule has 19 heavy (non-hydrogen) atoms. The fraction of sp³-hybridized carbons (Fsp3) is 0.455. The Morgan fingerprint density at radius 2 is 2.26 bits per heavy atom. The summed E-state index contributed by atoms with van der Waals surface area (Å²) >= 11 is 4.50. The number of carbonyl (C=O) groups is 1. The van der Waals surface area contributed by atoms with Gasteiger partial charge >= 0.3 is 0 Å². The first-order valence-corrected chi connectivity index (χ1v) is 7.27. The van der Waals surface area contributed by atoms with Crippen LogP contribution in [0.4, 0.5) is 0 Å². The molecule has 0 unspecified atom stereocenters. The van der Waals surface area contributed by atoms with Gasteiger partial charge in [0.1, 0.15) is 10.6 Å². The van der Waals surface area contributed by atoms with Gasteiger partial charge in [-0.25, -0.2) is 0 Å². The molecule has 0 bridgehead atoms. The van der Waals surface area contributed by atoms with Crippen LogP contribution in [0.3, 0.4) is 0 Å². The number of rotatable bonds is 5. The minimum atomic E-state index is -0.0874. The SMILES string of the molecule is Cc1nnsc1C(=O)c1c(Br)cnn1CCN(C)C. The molecule has 0 aromatic carbocycles. The Morgan fingerprint density at radius 1 is 1.53 bits per heavy atom. The lowest BCUT2D eigenvalue weighted by atomic mass is 10.2. The van der Waals surface area contributed by atoms with Crippen molar-refractivity contribution >= 4 is 33.2 Å². The molecule has 2 aromatic heterocycles. The summed E-state index contributed by atoms with van der Waals surface area (Å²) in [5.41, 5.74) is 1.21. The first-order chi connectivity index (χ1) is 9.00. The van der Waals surface area contributed by atoms with Crippen LogP contribution in [0.1, 0.15) is 21.1 Å². The molecule has 0 fully saturated rings. The minimum Gasteiger partial charge on any atom is -0.308 e. The van der Waals surface area contributed by atoms with E-state index in [1.54, 1.807) is 17.8 Å². The van der Waals surface area contributed by atoms with Crippen LogP contribution in [0.15, 0.2) is 10.7 Å². The molecule has 0 amide bonds. The van der Waals surface area contributed by atoms with Crippen molar-refractivity contribution in [2.24, 2.45) is 0 Å². The second kappa shape index (κ2) is 5.89. The summed E-state index contributed by atoms with van der Waals surface area (Å²) in [4.78, 5) is 15.1. The Hall–Kier alpha value is -1.12. The molecule has 2 heterocycles. The average molecular weight is 344 g/mol. The topological polar surface area (TPSA) is 63.9 Å². The number of likely N-dealkylation sites (N-methyl/N-ethyl adjacent to an activating group) is 1. The van der Waals surface area contributed by atoms with Gasteiger partial charge in [0, 0.05) is 6.54 Å². The number of hydrogen-bond donors (Lipinski definition) is 0. The van der Waals surface area contributed by atoms with Crippen LogP contribution in [0.25, 0.3) is 0 Å². The third kappa shape index (κ3) is 3.07. The molecule has 102 valence electrons. The molecule has 0 saturated heterocycles. The van der Waals surface area contributed by atoms with Gasteiger partial charge in [0.05, 0.1) is 22.9 Å². The maximum atomic E-state index is 12.5. The van der Waals surface area contributed by atoms with E-state index in [0.29, 0.717) is 27.3 Å². The number of nitrogens with zero attached hydrogens (tertiary/aromatic N) is 5. The van der Waals surface area contributed by atoms with E-state index in [1.807, 2.05) is 19.0 Å². The van der Waals surface area contributed by atoms with Gasteiger partial charge in [-0.05, 0) is 48.5 Å². The van der Waals surface area contributed by atoms with Crippen molar-refractivity contribution in [2.45, 2.75) is 13.5 Å². The molecule has 0 aliphatic rings. The van der Waals surface area contributed by atoms with E-state index in [1.165, 1.54) is 0 Å². The lowest BCUT2D eigenvalue weighted by molar-refractivity contribution is 0.103. The van der Waals surface area contributed by atoms with Crippen molar-refractivity contribution in [3.63, 3.8) is 0 Å². The molecular formula is C11H14BrN5OS. The van der Waals surface area contributed by atoms with E-state index in [-0.39, 0.29) is 5.78 Å². The van der Waals surface area contributed by atoms with E-state index in [9.17, 15) is 4.79 Å². The fourth-order valence-corrected chi connectivity index (χ4v) is 2.67. The van der Waals surface area contributed by atoms with E-state index in [4.69, 9.17) is 0 Å². The molecule has 2 aromatic rings. The molecule has 0 spiro atoms. The predicted molar refractivity (Wildman–Crippen MR) is 76.6 cm³/mol. The summed E-state index contributed by atoms with van der Waals surface area (Å²) in [6, 6.07) is 0. The van der Waals surface area contributed by atoms with E-state index in [0.717, 1.165) is 18.1 Å². The van der Waals surface area contributed by atoms with E-state index < -0.39 is 0 Å². The summed E-state index contributed by atoms with van der Waals surface area (Å²) in [7, 11) is 3.97. The zero-order chi connectivity index (χ0) is 14.0. The van der Waals surface area contributed by atoms with Crippen LogP contribution in [0.5, 0.6) is 0 Å². The van der Waals surface area contributed by atoms with Crippen molar-refractivity contribution in [2.75, 3.05) is 20.6 Å².